The largest absolute Gasteiger partial charge is 0.508 e. The van der Waals surface area contributed by atoms with Gasteiger partial charge in [0, 0.05) is 12.1 Å². The predicted octanol–water partition coefficient (Wildman–Crippen LogP) is 2.22. The molecule has 3 rings (SSSR count). The van der Waals surface area contributed by atoms with E-state index in [9.17, 15) is 19.8 Å². The monoisotopic (exact) mass is 427 g/mol. The van der Waals surface area contributed by atoms with E-state index in [-0.39, 0.29) is 43.4 Å². The first kappa shape index (κ1) is 22.3. The first-order valence-electron chi connectivity index (χ1n) is 9.97. The minimum absolute atomic E-state index is 0.0271. The number of phenols is 1. The Morgan fingerprint density at radius 1 is 1.10 bits per heavy atom. The van der Waals surface area contributed by atoms with Crippen molar-refractivity contribution in [2.45, 2.75) is 13.0 Å². The number of carbonyl (C=O) groups is 2. The molecule has 1 saturated heterocycles. The molecular formula is C23H25NO7. The number of ketones is 1. The molecule has 0 spiro atoms. The lowest BCUT2D eigenvalue weighted by molar-refractivity contribution is -0.140. The molecule has 1 aliphatic heterocycles. The van der Waals surface area contributed by atoms with Crippen molar-refractivity contribution in [1.29, 1.82) is 0 Å². The lowest BCUT2D eigenvalue weighted by atomic mass is 9.95. The van der Waals surface area contributed by atoms with Crippen LogP contribution in [0.1, 0.15) is 24.1 Å². The number of likely N-dealkylation sites (tertiary alicyclic amines) is 1. The number of aromatic hydroxyl groups is 1. The van der Waals surface area contributed by atoms with Crippen LogP contribution in [-0.4, -0.2) is 64.9 Å². The fraction of sp³-hybridized carbons (Fsp3) is 0.304. The van der Waals surface area contributed by atoms with E-state index in [1.807, 2.05) is 6.92 Å². The minimum Gasteiger partial charge on any atom is -0.508 e. The molecule has 0 radical (unpaired) electrons. The second-order valence-corrected chi connectivity index (χ2v) is 6.88. The number of nitrogens with zero attached hydrogens (tertiary/aromatic N) is 1. The van der Waals surface area contributed by atoms with Crippen molar-refractivity contribution in [3.05, 3.63) is 65.2 Å². The Morgan fingerprint density at radius 3 is 2.48 bits per heavy atom. The summed E-state index contributed by atoms with van der Waals surface area (Å²) >= 11 is 0. The van der Waals surface area contributed by atoms with Crippen LogP contribution in [0.4, 0.5) is 0 Å². The minimum atomic E-state index is -0.892. The lowest BCUT2D eigenvalue weighted by Gasteiger charge is -2.25. The van der Waals surface area contributed by atoms with Crippen LogP contribution in [0.15, 0.2) is 54.1 Å². The highest BCUT2D eigenvalue weighted by molar-refractivity contribution is 6.46. The predicted molar refractivity (Wildman–Crippen MR) is 113 cm³/mol. The zero-order chi connectivity index (χ0) is 22.4. The molecule has 3 N–H and O–H groups in total. The smallest absolute Gasteiger partial charge is 0.295 e. The SMILES string of the molecule is CCOc1ccc(/C(O)=C2\C(=O)C(=O)N(CCOCCO)[C@@H]2c2cccc(O)c2)cc1. The molecule has 164 valence electrons. The van der Waals surface area contributed by atoms with Crippen LogP contribution in [0.2, 0.25) is 0 Å². The number of amides is 1. The molecule has 1 atom stereocenters. The molecule has 1 heterocycles. The number of aliphatic hydroxyl groups excluding tert-OH is 2. The summed E-state index contributed by atoms with van der Waals surface area (Å²) in [5.74, 6) is -1.31. The lowest BCUT2D eigenvalue weighted by Crippen LogP contribution is -2.33. The Morgan fingerprint density at radius 2 is 1.84 bits per heavy atom. The van der Waals surface area contributed by atoms with Crippen molar-refractivity contribution in [3.63, 3.8) is 0 Å². The maximum Gasteiger partial charge on any atom is 0.295 e. The van der Waals surface area contributed by atoms with Crippen LogP contribution in [-0.2, 0) is 14.3 Å². The van der Waals surface area contributed by atoms with E-state index in [0.717, 1.165) is 0 Å². The molecule has 8 nitrogen and oxygen atoms in total. The van der Waals surface area contributed by atoms with Gasteiger partial charge >= 0.3 is 0 Å². The summed E-state index contributed by atoms with van der Waals surface area (Å²) in [6, 6.07) is 11.9. The number of benzene rings is 2. The zero-order valence-corrected chi connectivity index (χ0v) is 17.2. The molecule has 0 saturated carbocycles. The van der Waals surface area contributed by atoms with Crippen LogP contribution in [0, 0.1) is 0 Å². The third kappa shape index (κ3) is 4.87. The number of rotatable bonds is 9. The van der Waals surface area contributed by atoms with E-state index in [4.69, 9.17) is 14.6 Å². The van der Waals surface area contributed by atoms with Crippen molar-refractivity contribution in [1.82, 2.24) is 4.90 Å². The van der Waals surface area contributed by atoms with Gasteiger partial charge in [0.15, 0.2) is 0 Å². The van der Waals surface area contributed by atoms with Crippen LogP contribution < -0.4 is 4.74 Å². The fourth-order valence-corrected chi connectivity index (χ4v) is 3.51. The van der Waals surface area contributed by atoms with E-state index in [0.29, 0.717) is 23.5 Å². The van der Waals surface area contributed by atoms with Crippen molar-refractivity contribution in [2.24, 2.45) is 0 Å². The van der Waals surface area contributed by atoms with E-state index in [2.05, 4.69) is 0 Å². The number of Topliss-reactive ketones (excluding diaryl/α,β-unsaturated/α-hetero) is 1. The van der Waals surface area contributed by atoms with Gasteiger partial charge in [-0.3, -0.25) is 9.59 Å². The molecule has 0 aliphatic carbocycles. The second-order valence-electron chi connectivity index (χ2n) is 6.88. The van der Waals surface area contributed by atoms with E-state index < -0.39 is 17.7 Å². The first-order chi connectivity index (χ1) is 15.0. The Hall–Kier alpha value is -3.36. The Labute approximate surface area is 180 Å². The highest BCUT2D eigenvalue weighted by atomic mass is 16.5. The highest BCUT2D eigenvalue weighted by Gasteiger charge is 2.46. The Kier molecular flexibility index (Phi) is 7.28. The maximum absolute atomic E-state index is 12.9. The summed E-state index contributed by atoms with van der Waals surface area (Å²) in [7, 11) is 0. The quantitative estimate of drug-likeness (QED) is 0.243. The Bertz CT molecular complexity index is 968. The van der Waals surface area contributed by atoms with Gasteiger partial charge in [-0.05, 0) is 48.9 Å². The topological polar surface area (TPSA) is 117 Å². The van der Waals surface area contributed by atoms with Gasteiger partial charge in [-0.1, -0.05) is 12.1 Å². The summed E-state index contributed by atoms with van der Waals surface area (Å²) in [4.78, 5) is 26.9. The molecule has 1 fully saturated rings. The average Bonchev–Trinajstić information content (AvgIpc) is 3.02. The van der Waals surface area contributed by atoms with Gasteiger partial charge in [0.2, 0.25) is 0 Å². The summed E-state index contributed by atoms with van der Waals surface area (Å²) < 4.78 is 10.7. The molecule has 0 unspecified atom stereocenters. The summed E-state index contributed by atoms with van der Waals surface area (Å²) in [5, 5.41) is 29.8. The van der Waals surface area contributed by atoms with Crippen molar-refractivity contribution in [3.8, 4) is 11.5 Å². The molecule has 1 aliphatic rings. The number of hydrogen-bond acceptors (Lipinski definition) is 7. The second kappa shape index (κ2) is 10.1. The van der Waals surface area contributed by atoms with Crippen molar-refractivity contribution in [2.75, 3.05) is 33.0 Å². The molecular weight excluding hydrogens is 402 g/mol. The average molecular weight is 427 g/mol. The van der Waals surface area contributed by atoms with Gasteiger partial charge in [-0.2, -0.15) is 0 Å². The number of hydrogen-bond donors (Lipinski definition) is 3. The summed E-state index contributed by atoms with van der Waals surface area (Å²) in [5.41, 5.74) is 0.777. The summed E-state index contributed by atoms with van der Waals surface area (Å²) in [6.07, 6.45) is 0. The Balaban J connectivity index is 2.03. The molecule has 2 aromatic rings. The van der Waals surface area contributed by atoms with Gasteiger partial charge < -0.3 is 29.7 Å². The fourth-order valence-electron chi connectivity index (χ4n) is 3.51. The van der Waals surface area contributed by atoms with E-state index in [1.54, 1.807) is 36.4 Å². The van der Waals surface area contributed by atoms with Crippen LogP contribution in [0.3, 0.4) is 0 Å². The van der Waals surface area contributed by atoms with Crippen molar-refractivity contribution >= 4 is 17.4 Å². The molecule has 2 aromatic carbocycles. The molecule has 0 aromatic heterocycles. The molecule has 1 amide bonds. The van der Waals surface area contributed by atoms with Gasteiger partial charge in [0.05, 0.1) is 38.0 Å². The van der Waals surface area contributed by atoms with Gasteiger partial charge in [-0.15, -0.1) is 0 Å². The number of aliphatic hydroxyl groups is 2. The number of ether oxygens (including phenoxy) is 2. The number of carbonyl (C=O) groups excluding carboxylic acids is 2. The van der Waals surface area contributed by atoms with Crippen LogP contribution in [0.5, 0.6) is 11.5 Å². The zero-order valence-electron chi connectivity index (χ0n) is 17.2. The first-order valence-corrected chi connectivity index (χ1v) is 9.97. The van der Waals surface area contributed by atoms with Crippen LogP contribution in [0.25, 0.3) is 5.76 Å². The normalized spacial score (nSPS) is 17.9. The molecule has 0 bridgehead atoms. The molecule has 8 heteroatoms. The van der Waals surface area contributed by atoms with Gasteiger partial charge in [0.1, 0.15) is 17.3 Å². The third-order valence-electron chi connectivity index (χ3n) is 4.88. The van der Waals surface area contributed by atoms with Crippen molar-refractivity contribution < 1.29 is 34.4 Å². The van der Waals surface area contributed by atoms with Gasteiger partial charge in [-0.25, -0.2) is 0 Å². The third-order valence-corrected chi connectivity index (χ3v) is 4.88. The summed E-state index contributed by atoms with van der Waals surface area (Å²) in [6.45, 7) is 2.47. The van der Waals surface area contributed by atoms with E-state index >= 15 is 0 Å². The standard InChI is InChI=1S/C23H25NO7/c1-2-31-18-8-6-15(7-9-18)21(27)19-20(16-4-3-5-17(26)14-16)24(23(29)22(19)28)10-12-30-13-11-25/h3-9,14,20,25-27H,2,10-13H2,1H3/b21-19+/t20-/m1/s1. The highest BCUT2D eigenvalue weighted by Crippen LogP contribution is 2.40. The number of phenolic OH excluding ortho intramolecular Hbond substituents is 1. The van der Waals surface area contributed by atoms with E-state index in [1.165, 1.54) is 17.0 Å². The molecule has 31 heavy (non-hydrogen) atoms. The maximum atomic E-state index is 12.9. The van der Waals surface area contributed by atoms with Crippen LogP contribution >= 0.6 is 0 Å². The van der Waals surface area contributed by atoms with Gasteiger partial charge in [0.25, 0.3) is 11.7 Å².